The van der Waals surface area contributed by atoms with Gasteiger partial charge in [0.25, 0.3) is 5.56 Å². The molecule has 0 unspecified atom stereocenters. The summed E-state index contributed by atoms with van der Waals surface area (Å²) in [5, 5.41) is 3.06. The second kappa shape index (κ2) is 4.69. The van der Waals surface area contributed by atoms with Gasteiger partial charge >= 0.3 is 5.69 Å². The Balaban J connectivity index is 2.21. The largest absolute Gasteiger partial charge is 0.365 e. The molecule has 17 heavy (non-hydrogen) atoms. The monoisotopic (exact) mass is 231 g/mol. The molecule has 1 aromatic carbocycles. The van der Waals surface area contributed by atoms with Gasteiger partial charge in [0.05, 0.1) is 0 Å². The fraction of sp³-hybridized carbons (Fsp3) is 0.167. The summed E-state index contributed by atoms with van der Waals surface area (Å²) in [5.74, 6) is 0.412. The van der Waals surface area contributed by atoms with Gasteiger partial charge in [-0.3, -0.25) is 14.8 Å². The molecular formula is C12H13N3O2. The Bertz CT molecular complexity index is 573. The van der Waals surface area contributed by atoms with Gasteiger partial charge < -0.3 is 5.32 Å². The van der Waals surface area contributed by atoms with E-state index in [1.165, 1.54) is 6.07 Å². The summed E-state index contributed by atoms with van der Waals surface area (Å²) < 4.78 is 0. The van der Waals surface area contributed by atoms with E-state index in [1.54, 1.807) is 0 Å². The molecule has 0 amide bonds. The topological polar surface area (TPSA) is 77.8 Å². The van der Waals surface area contributed by atoms with E-state index in [4.69, 9.17) is 0 Å². The summed E-state index contributed by atoms with van der Waals surface area (Å²) in [6, 6.07) is 11.1. The van der Waals surface area contributed by atoms with Crippen LogP contribution in [0.2, 0.25) is 0 Å². The van der Waals surface area contributed by atoms with E-state index < -0.39 is 11.2 Å². The maximum absolute atomic E-state index is 11.1. The van der Waals surface area contributed by atoms with Crippen LogP contribution in [0.4, 0.5) is 5.82 Å². The second-order valence-electron chi connectivity index (χ2n) is 3.78. The van der Waals surface area contributed by atoms with Crippen molar-refractivity contribution >= 4 is 5.82 Å². The van der Waals surface area contributed by atoms with Crippen molar-refractivity contribution in [2.75, 3.05) is 5.32 Å². The SMILES string of the molecule is C[C@H](Nc1cc(=O)[nH]c(=O)[nH]1)c1ccccc1. The standard InChI is InChI=1S/C12H13N3O2/c1-8(9-5-3-2-4-6-9)13-10-7-11(16)15-12(17)14-10/h2-8H,1H3,(H3,13,14,15,16,17)/t8-/m0/s1. The number of benzene rings is 1. The zero-order valence-electron chi connectivity index (χ0n) is 9.36. The van der Waals surface area contributed by atoms with Crippen LogP contribution < -0.4 is 16.6 Å². The van der Waals surface area contributed by atoms with E-state index in [2.05, 4.69) is 15.3 Å². The zero-order valence-corrected chi connectivity index (χ0v) is 9.36. The van der Waals surface area contributed by atoms with E-state index in [0.717, 1.165) is 5.56 Å². The molecule has 1 heterocycles. The van der Waals surface area contributed by atoms with Gasteiger partial charge in [-0.2, -0.15) is 0 Å². The molecule has 2 rings (SSSR count). The summed E-state index contributed by atoms with van der Waals surface area (Å²) in [5.41, 5.74) is 0.144. The Kier molecular flexibility index (Phi) is 3.09. The molecule has 0 saturated heterocycles. The fourth-order valence-corrected chi connectivity index (χ4v) is 1.60. The first-order chi connectivity index (χ1) is 8.15. The normalized spacial score (nSPS) is 12.1. The Morgan fingerprint density at radius 3 is 2.47 bits per heavy atom. The number of hydrogen-bond donors (Lipinski definition) is 3. The van der Waals surface area contributed by atoms with Crippen LogP contribution in [0.25, 0.3) is 0 Å². The van der Waals surface area contributed by atoms with Crippen LogP contribution in [0.1, 0.15) is 18.5 Å². The molecule has 1 aromatic heterocycles. The number of H-pyrrole nitrogens is 2. The smallest absolute Gasteiger partial charge is 0.327 e. The Hall–Kier alpha value is -2.30. The minimum atomic E-state index is -0.514. The average molecular weight is 231 g/mol. The van der Waals surface area contributed by atoms with Gasteiger partial charge in [-0.25, -0.2) is 4.79 Å². The predicted octanol–water partition coefficient (Wildman–Crippen LogP) is 1.24. The lowest BCUT2D eigenvalue weighted by molar-refractivity contribution is 0.865. The lowest BCUT2D eigenvalue weighted by Gasteiger charge is -2.14. The average Bonchev–Trinajstić information content (AvgIpc) is 2.28. The van der Waals surface area contributed by atoms with E-state index in [-0.39, 0.29) is 6.04 Å². The summed E-state index contributed by atoms with van der Waals surface area (Å²) in [4.78, 5) is 26.8. The van der Waals surface area contributed by atoms with Crippen molar-refractivity contribution in [1.82, 2.24) is 9.97 Å². The molecule has 2 aromatic rings. The zero-order chi connectivity index (χ0) is 12.3. The summed E-state index contributed by atoms with van der Waals surface area (Å²) in [6.45, 7) is 1.95. The van der Waals surface area contributed by atoms with E-state index >= 15 is 0 Å². The number of aromatic nitrogens is 2. The molecule has 3 N–H and O–H groups in total. The molecule has 1 atom stereocenters. The highest BCUT2D eigenvalue weighted by atomic mass is 16.2. The third kappa shape index (κ3) is 2.84. The van der Waals surface area contributed by atoms with Gasteiger partial charge in [-0.15, -0.1) is 0 Å². The molecule has 0 saturated carbocycles. The van der Waals surface area contributed by atoms with Gasteiger partial charge in [0.1, 0.15) is 5.82 Å². The third-order valence-corrected chi connectivity index (χ3v) is 2.43. The Morgan fingerprint density at radius 1 is 1.12 bits per heavy atom. The first kappa shape index (κ1) is 11.2. The first-order valence-corrected chi connectivity index (χ1v) is 5.30. The Labute approximate surface area is 97.5 Å². The lowest BCUT2D eigenvalue weighted by atomic mass is 10.1. The molecule has 0 bridgehead atoms. The number of hydrogen-bond acceptors (Lipinski definition) is 3. The fourth-order valence-electron chi connectivity index (χ4n) is 1.60. The second-order valence-corrected chi connectivity index (χ2v) is 3.78. The third-order valence-electron chi connectivity index (χ3n) is 2.43. The van der Waals surface area contributed by atoms with Crippen LogP contribution in [0.5, 0.6) is 0 Å². The maximum Gasteiger partial charge on any atom is 0.327 e. The van der Waals surface area contributed by atoms with Crippen LogP contribution >= 0.6 is 0 Å². The van der Waals surface area contributed by atoms with E-state index in [1.807, 2.05) is 37.3 Å². The van der Waals surface area contributed by atoms with Gasteiger partial charge in [-0.1, -0.05) is 30.3 Å². The van der Waals surface area contributed by atoms with Crippen molar-refractivity contribution in [2.45, 2.75) is 13.0 Å². The van der Waals surface area contributed by atoms with Gasteiger partial charge in [0, 0.05) is 12.1 Å². The van der Waals surface area contributed by atoms with Crippen LogP contribution in [0.3, 0.4) is 0 Å². The molecule has 0 aliphatic heterocycles. The van der Waals surface area contributed by atoms with Crippen molar-refractivity contribution < 1.29 is 0 Å². The Morgan fingerprint density at radius 2 is 1.82 bits per heavy atom. The van der Waals surface area contributed by atoms with E-state index in [0.29, 0.717) is 5.82 Å². The van der Waals surface area contributed by atoms with Crippen molar-refractivity contribution in [3.8, 4) is 0 Å². The van der Waals surface area contributed by atoms with Gasteiger partial charge in [0.2, 0.25) is 0 Å². The molecule has 0 radical (unpaired) electrons. The molecule has 88 valence electrons. The van der Waals surface area contributed by atoms with Crippen LogP contribution in [-0.2, 0) is 0 Å². The quantitative estimate of drug-likeness (QED) is 0.743. The highest BCUT2D eigenvalue weighted by Gasteiger charge is 2.05. The molecule has 0 aliphatic rings. The van der Waals surface area contributed by atoms with Gasteiger partial charge in [-0.05, 0) is 12.5 Å². The highest BCUT2D eigenvalue weighted by molar-refractivity contribution is 5.36. The summed E-state index contributed by atoms with van der Waals surface area (Å²) in [6.07, 6.45) is 0. The van der Waals surface area contributed by atoms with E-state index in [9.17, 15) is 9.59 Å². The van der Waals surface area contributed by atoms with Crippen LogP contribution in [0.15, 0.2) is 46.0 Å². The number of aromatic amines is 2. The van der Waals surface area contributed by atoms with Crippen LogP contribution in [0, 0.1) is 0 Å². The van der Waals surface area contributed by atoms with Crippen molar-refractivity contribution in [1.29, 1.82) is 0 Å². The molecule has 5 nitrogen and oxygen atoms in total. The minimum absolute atomic E-state index is 0.00801. The predicted molar refractivity (Wildman–Crippen MR) is 66.2 cm³/mol. The summed E-state index contributed by atoms with van der Waals surface area (Å²) >= 11 is 0. The minimum Gasteiger partial charge on any atom is -0.365 e. The first-order valence-electron chi connectivity index (χ1n) is 5.30. The number of anilines is 1. The highest BCUT2D eigenvalue weighted by Crippen LogP contribution is 2.15. The molecular weight excluding hydrogens is 218 g/mol. The van der Waals surface area contributed by atoms with Crippen molar-refractivity contribution in [3.63, 3.8) is 0 Å². The van der Waals surface area contributed by atoms with Crippen molar-refractivity contribution in [3.05, 3.63) is 62.8 Å². The van der Waals surface area contributed by atoms with Crippen molar-refractivity contribution in [2.24, 2.45) is 0 Å². The van der Waals surface area contributed by atoms with Crippen LogP contribution in [-0.4, -0.2) is 9.97 Å². The number of rotatable bonds is 3. The number of nitrogens with one attached hydrogen (secondary N) is 3. The molecule has 0 spiro atoms. The molecule has 0 fully saturated rings. The molecule has 5 heteroatoms. The summed E-state index contributed by atoms with van der Waals surface area (Å²) in [7, 11) is 0. The van der Waals surface area contributed by atoms with Gasteiger partial charge in [0.15, 0.2) is 0 Å². The molecule has 0 aliphatic carbocycles. The maximum atomic E-state index is 11.1. The lowest BCUT2D eigenvalue weighted by Crippen LogP contribution is -2.23.